The fraction of sp³-hybridized carbons (Fsp3) is 0.429. The number of benzene rings is 2. The number of hydrogen-bond donors (Lipinski definition) is 4. The zero-order valence-electron chi connectivity index (χ0n) is 29.0. The molecule has 0 aliphatic heterocycles. The number of ether oxygens (including phenoxy) is 1. The van der Waals surface area contributed by atoms with Crippen LogP contribution in [0.5, 0.6) is 11.5 Å². The smallest absolute Gasteiger partial charge is 0.432 e. The molecule has 3 aromatic rings. The van der Waals surface area contributed by atoms with Gasteiger partial charge in [-0.2, -0.15) is 5.06 Å². The van der Waals surface area contributed by atoms with E-state index in [0.717, 1.165) is 23.5 Å². The van der Waals surface area contributed by atoms with E-state index in [-0.39, 0.29) is 23.9 Å². The van der Waals surface area contributed by atoms with Gasteiger partial charge in [-0.15, -0.1) is 0 Å². The molecular formula is C35H47N4O10P. The van der Waals surface area contributed by atoms with E-state index in [1.165, 1.54) is 18.2 Å². The molecule has 4 amide bonds. The van der Waals surface area contributed by atoms with Crippen molar-refractivity contribution < 1.29 is 47.2 Å². The van der Waals surface area contributed by atoms with Gasteiger partial charge in [-0.3, -0.25) is 14.4 Å². The minimum absolute atomic E-state index is 0.0508. The molecule has 1 aromatic heterocycles. The standard InChI is InChI=1S/C35H47N4O10P/c1-6-9-11-16-28(29(7-2)39(23-40)48-34(43)38-35(4,5)25-14-12-10-13-15-25)32(41)36-22-37-33(42)31-18-17-30(47-31)24-19-26(46-8-3)21-27(20-24)49-50(44)45/h10,12-15,17-21,23,28-29,50H,6-9,11,16,22H2,1-5H3,(H,36,41)(H,37,42)(H,38,43)(H,44,45). The number of carbonyl (C=O) groups is 4. The lowest BCUT2D eigenvalue weighted by molar-refractivity contribution is -0.169. The largest absolute Gasteiger partial charge is 0.494 e. The van der Waals surface area contributed by atoms with Crippen LogP contribution in [-0.2, 0) is 24.5 Å². The molecule has 0 aliphatic rings. The van der Waals surface area contributed by atoms with Crippen LogP contribution in [0.1, 0.15) is 82.8 Å². The molecule has 0 aliphatic carbocycles. The summed E-state index contributed by atoms with van der Waals surface area (Å²) in [6.07, 6.45) is 2.72. The van der Waals surface area contributed by atoms with Crippen molar-refractivity contribution in [1.82, 2.24) is 21.0 Å². The number of unbranched alkanes of at least 4 members (excludes halogenated alkanes) is 2. The molecule has 0 saturated heterocycles. The fourth-order valence-corrected chi connectivity index (χ4v) is 5.71. The van der Waals surface area contributed by atoms with Gasteiger partial charge in [0.05, 0.1) is 30.8 Å². The van der Waals surface area contributed by atoms with E-state index in [0.29, 0.717) is 43.6 Å². The highest BCUT2D eigenvalue weighted by atomic mass is 31.1. The fourth-order valence-electron chi connectivity index (χ4n) is 5.39. The Labute approximate surface area is 292 Å². The van der Waals surface area contributed by atoms with Crippen LogP contribution >= 0.6 is 8.25 Å². The number of carbonyl (C=O) groups excluding carboxylic acids is 4. The van der Waals surface area contributed by atoms with Gasteiger partial charge >= 0.3 is 14.3 Å². The first-order valence-corrected chi connectivity index (χ1v) is 17.8. The van der Waals surface area contributed by atoms with E-state index in [4.69, 9.17) is 18.5 Å². The number of rotatable bonds is 20. The van der Waals surface area contributed by atoms with Crippen LogP contribution in [0.4, 0.5) is 4.79 Å². The molecule has 0 saturated carbocycles. The van der Waals surface area contributed by atoms with Gasteiger partial charge in [-0.1, -0.05) is 63.4 Å². The summed E-state index contributed by atoms with van der Waals surface area (Å²) >= 11 is 0. The topological polar surface area (TPSA) is 186 Å². The highest BCUT2D eigenvalue weighted by molar-refractivity contribution is 7.32. The third-order valence-corrected chi connectivity index (χ3v) is 8.30. The van der Waals surface area contributed by atoms with Crippen LogP contribution in [0.3, 0.4) is 0 Å². The molecule has 2 aromatic carbocycles. The molecule has 15 heteroatoms. The predicted molar refractivity (Wildman–Crippen MR) is 186 cm³/mol. The molecular weight excluding hydrogens is 667 g/mol. The number of amides is 4. The van der Waals surface area contributed by atoms with Gasteiger partial charge in [0.15, 0.2) is 5.76 Å². The van der Waals surface area contributed by atoms with E-state index < -0.39 is 43.7 Å². The minimum Gasteiger partial charge on any atom is -0.494 e. The summed E-state index contributed by atoms with van der Waals surface area (Å²) in [5.74, 6) is -1.10. The second kappa shape index (κ2) is 19.4. The van der Waals surface area contributed by atoms with Crippen molar-refractivity contribution >= 4 is 32.6 Å². The molecule has 1 heterocycles. The first-order valence-electron chi connectivity index (χ1n) is 16.6. The van der Waals surface area contributed by atoms with Crippen LogP contribution in [0.2, 0.25) is 0 Å². The summed E-state index contributed by atoms with van der Waals surface area (Å²) in [5, 5.41) is 8.96. The zero-order valence-corrected chi connectivity index (χ0v) is 30.0. The number of nitrogens with one attached hydrogen (secondary N) is 3. The first-order chi connectivity index (χ1) is 23.9. The second-order valence-corrected chi connectivity index (χ2v) is 12.7. The van der Waals surface area contributed by atoms with E-state index in [1.54, 1.807) is 39.8 Å². The average Bonchev–Trinajstić information content (AvgIpc) is 3.58. The predicted octanol–water partition coefficient (Wildman–Crippen LogP) is 5.92. The Balaban J connectivity index is 1.67. The maximum atomic E-state index is 13.5. The average molecular weight is 715 g/mol. The molecule has 3 unspecified atom stereocenters. The molecule has 272 valence electrons. The van der Waals surface area contributed by atoms with Crippen molar-refractivity contribution in [3.63, 3.8) is 0 Å². The van der Waals surface area contributed by atoms with Crippen molar-refractivity contribution in [3.05, 3.63) is 72.0 Å². The quantitative estimate of drug-likeness (QED) is 0.0360. The van der Waals surface area contributed by atoms with Gasteiger partial charge in [0.1, 0.15) is 17.3 Å². The van der Waals surface area contributed by atoms with Crippen molar-refractivity contribution in [2.24, 2.45) is 5.92 Å². The molecule has 14 nitrogen and oxygen atoms in total. The van der Waals surface area contributed by atoms with Crippen molar-refractivity contribution in [1.29, 1.82) is 0 Å². The Morgan fingerprint density at radius 3 is 2.36 bits per heavy atom. The van der Waals surface area contributed by atoms with Gasteiger partial charge in [0.25, 0.3) is 5.91 Å². The molecule has 0 fully saturated rings. The van der Waals surface area contributed by atoms with E-state index >= 15 is 0 Å². The Bertz CT molecular complexity index is 1600. The number of nitrogens with zero attached hydrogens (tertiary/aromatic N) is 1. The summed E-state index contributed by atoms with van der Waals surface area (Å²) in [6, 6.07) is 16.1. The molecule has 3 atom stereocenters. The lowest BCUT2D eigenvalue weighted by Gasteiger charge is -2.33. The van der Waals surface area contributed by atoms with Crippen LogP contribution in [0.25, 0.3) is 11.3 Å². The molecule has 0 bridgehead atoms. The minimum atomic E-state index is -3.27. The maximum absolute atomic E-state index is 13.5. The SMILES string of the molecule is CCCCCC(C(=O)NCNC(=O)c1ccc(-c2cc(OCC)cc(O[PH](=O)O)c2)o1)C(CC)N(C=O)OC(=O)NC(C)(C)c1ccccc1. The maximum Gasteiger partial charge on any atom is 0.432 e. The normalized spacial score (nSPS) is 12.9. The van der Waals surface area contributed by atoms with Crippen LogP contribution in [0.15, 0.2) is 65.1 Å². The molecule has 4 N–H and O–H groups in total. The van der Waals surface area contributed by atoms with Gasteiger partial charge in [0, 0.05) is 11.6 Å². The molecule has 0 spiro atoms. The van der Waals surface area contributed by atoms with Crippen LogP contribution < -0.4 is 25.2 Å². The molecule has 0 radical (unpaired) electrons. The van der Waals surface area contributed by atoms with Crippen LogP contribution in [0, 0.1) is 5.92 Å². The van der Waals surface area contributed by atoms with E-state index in [2.05, 4.69) is 16.0 Å². The van der Waals surface area contributed by atoms with Crippen molar-refractivity contribution in [2.75, 3.05) is 13.3 Å². The van der Waals surface area contributed by atoms with Crippen molar-refractivity contribution in [3.8, 4) is 22.8 Å². The monoisotopic (exact) mass is 714 g/mol. The van der Waals surface area contributed by atoms with Gasteiger partial charge < -0.3 is 39.4 Å². The third-order valence-electron chi connectivity index (χ3n) is 7.89. The summed E-state index contributed by atoms with van der Waals surface area (Å²) < 4.78 is 27.4. The van der Waals surface area contributed by atoms with E-state index in [1.807, 2.05) is 37.3 Å². The highest BCUT2D eigenvalue weighted by Gasteiger charge is 2.34. The second-order valence-electron chi connectivity index (χ2n) is 11.9. The lowest BCUT2D eigenvalue weighted by Crippen LogP contribution is -2.51. The number of hydroxylamine groups is 2. The number of furan rings is 1. The summed E-state index contributed by atoms with van der Waals surface area (Å²) in [5.41, 5.74) is 0.483. The van der Waals surface area contributed by atoms with E-state index in [9.17, 15) is 28.6 Å². The Hall–Kier alpha value is -4.81. The van der Waals surface area contributed by atoms with Gasteiger partial charge in [-0.05, 0) is 63.4 Å². The zero-order chi connectivity index (χ0) is 36.7. The lowest BCUT2D eigenvalue weighted by atomic mass is 9.90. The molecule has 50 heavy (non-hydrogen) atoms. The number of hydrogen-bond acceptors (Lipinski definition) is 9. The highest BCUT2D eigenvalue weighted by Crippen LogP contribution is 2.34. The Morgan fingerprint density at radius 2 is 1.72 bits per heavy atom. The van der Waals surface area contributed by atoms with Crippen molar-refractivity contribution in [2.45, 2.75) is 78.3 Å². The Kier molecular flexibility index (Phi) is 15.4. The first kappa shape index (κ1) is 39.6. The summed E-state index contributed by atoms with van der Waals surface area (Å²) in [7, 11) is -3.27. The van der Waals surface area contributed by atoms with Crippen LogP contribution in [-0.4, -0.2) is 53.6 Å². The third kappa shape index (κ3) is 11.7. The summed E-state index contributed by atoms with van der Waals surface area (Å²) in [6.45, 7) is 9.31. The van der Waals surface area contributed by atoms with Gasteiger partial charge in [0.2, 0.25) is 12.3 Å². The van der Waals surface area contributed by atoms with Gasteiger partial charge in [-0.25, -0.2) is 9.36 Å². The Morgan fingerprint density at radius 1 is 1.00 bits per heavy atom. The summed E-state index contributed by atoms with van der Waals surface area (Å²) in [4.78, 5) is 66.2. The molecule has 3 rings (SSSR count).